The van der Waals surface area contributed by atoms with Gasteiger partial charge in [-0.15, -0.1) is 0 Å². The van der Waals surface area contributed by atoms with Gasteiger partial charge in [0, 0.05) is 50.9 Å². The van der Waals surface area contributed by atoms with E-state index in [0.717, 1.165) is 67.7 Å². The first kappa shape index (κ1) is 38.0. The lowest BCUT2D eigenvalue weighted by Gasteiger charge is -2.29. The van der Waals surface area contributed by atoms with Gasteiger partial charge < -0.3 is 14.5 Å². The Kier molecular flexibility index (Phi) is 9.50. The molecule has 1 heterocycles. The molecule has 0 unspecified atom stereocenters. The average molecular weight is 831 g/mol. The zero-order chi connectivity index (χ0) is 43.1. The van der Waals surface area contributed by atoms with Crippen LogP contribution in [-0.2, 0) is 0 Å². The summed E-state index contributed by atoms with van der Waals surface area (Å²) in [5.41, 5.74) is 15.8. The Bertz CT molecular complexity index is 3500. The van der Waals surface area contributed by atoms with Crippen molar-refractivity contribution in [2.24, 2.45) is 0 Å². The maximum atomic E-state index is 6.90. The summed E-state index contributed by atoms with van der Waals surface area (Å²) in [5.74, 6) is 1.71. The molecule has 0 fully saturated rings. The fourth-order valence-electron chi connectivity index (χ4n) is 9.60. The van der Waals surface area contributed by atoms with Crippen LogP contribution >= 0.6 is 0 Å². The number of nitrogens with zero attached hydrogens (tertiary/aromatic N) is 2. The summed E-state index contributed by atoms with van der Waals surface area (Å²) < 4.78 is 6.90. The maximum Gasteiger partial charge on any atom is 0.137 e. The van der Waals surface area contributed by atoms with E-state index >= 15 is 0 Å². The lowest BCUT2D eigenvalue weighted by Crippen LogP contribution is -2.11. The Balaban J connectivity index is 0.922. The molecule has 0 N–H and O–H groups in total. The van der Waals surface area contributed by atoms with Crippen LogP contribution in [0, 0.1) is 0 Å². The molecule has 0 atom stereocenters. The van der Waals surface area contributed by atoms with E-state index in [9.17, 15) is 0 Å². The number of benzene rings is 11. The molecule has 0 radical (unpaired) electrons. The topological polar surface area (TPSA) is 15.7 Å². The van der Waals surface area contributed by atoms with Crippen molar-refractivity contribution in [1.82, 2.24) is 0 Å². The highest BCUT2D eigenvalue weighted by atomic mass is 16.5. The number of ether oxygens (including phenoxy) is 1. The third-order valence-electron chi connectivity index (χ3n) is 12.6. The molecule has 11 aromatic rings. The standard InChI is InChI=1S/C62H42N2O/c1-5-18-44(19-6-1)52-26-13-15-29-58(52)63(48-22-9-3-10-23-48)50-36-34-43(35-37-50)46-32-33-47-41-57-54-39-38-51(42-61(54)65-60-31-17-28-55(62(57)60)56(47)40-46)64(49-24-11-4-12-25-49)59-30-16-14-27-53(59)45-20-7-2-8-21-45/h1-42H. The Labute approximate surface area is 379 Å². The highest BCUT2D eigenvalue weighted by Gasteiger charge is 2.25. The molecule has 0 aromatic heterocycles. The molecule has 0 spiro atoms. The quantitative estimate of drug-likeness (QED) is 0.135. The molecular formula is C62H42N2O. The van der Waals surface area contributed by atoms with Gasteiger partial charge in [0.05, 0.1) is 11.4 Å². The molecular weight excluding hydrogens is 789 g/mol. The van der Waals surface area contributed by atoms with E-state index in [1.807, 2.05) is 0 Å². The Hall–Kier alpha value is -8.66. The van der Waals surface area contributed by atoms with Gasteiger partial charge in [0.2, 0.25) is 0 Å². The summed E-state index contributed by atoms with van der Waals surface area (Å²) in [4.78, 5) is 4.69. The van der Waals surface area contributed by atoms with Gasteiger partial charge in [0.1, 0.15) is 11.5 Å². The predicted molar refractivity (Wildman–Crippen MR) is 273 cm³/mol. The number of hydrogen-bond acceptors (Lipinski definition) is 3. The molecule has 12 rings (SSSR count). The first-order chi connectivity index (χ1) is 32.2. The molecule has 0 saturated carbocycles. The largest absolute Gasteiger partial charge is 0.456 e. The van der Waals surface area contributed by atoms with Crippen molar-refractivity contribution < 1.29 is 4.74 Å². The van der Waals surface area contributed by atoms with E-state index in [4.69, 9.17) is 4.74 Å². The minimum absolute atomic E-state index is 0.840. The molecule has 0 aliphatic carbocycles. The average Bonchev–Trinajstić information content (AvgIpc) is 3.38. The van der Waals surface area contributed by atoms with Crippen LogP contribution in [0.25, 0.3) is 66.1 Å². The molecule has 3 heteroatoms. The van der Waals surface area contributed by atoms with Gasteiger partial charge in [-0.05, 0) is 123 Å². The normalized spacial score (nSPS) is 11.5. The van der Waals surface area contributed by atoms with Crippen molar-refractivity contribution >= 4 is 55.7 Å². The fraction of sp³-hybridized carbons (Fsp3) is 0. The van der Waals surface area contributed by atoms with Gasteiger partial charge in [-0.3, -0.25) is 0 Å². The second-order valence-electron chi connectivity index (χ2n) is 16.5. The summed E-state index contributed by atoms with van der Waals surface area (Å²) in [6, 6.07) is 91.0. The summed E-state index contributed by atoms with van der Waals surface area (Å²) >= 11 is 0. The fourth-order valence-corrected chi connectivity index (χ4v) is 9.60. The monoisotopic (exact) mass is 830 g/mol. The summed E-state index contributed by atoms with van der Waals surface area (Å²) in [7, 11) is 0. The highest BCUT2D eigenvalue weighted by Crippen LogP contribution is 2.51. The van der Waals surface area contributed by atoms with Gasteiger partial charge in [-0.25, -0.2) is 0 Å². The first-order valence-corrected chi connectivity index (χ1v) is 22.2. The third-order valence-corrected chi connectivity index (χ3v) is 12.6. The number of hydrogen-bond donors (Lipinski definition) is 0. The Morgan fingerprint density at radius 2 is 0.769 bits per heavy atom. The van der Waals surface area contributed by atoms with E-state index < -0.39 is 0 Å². The van der Waals surface area contributed by atoms with Crippen LogP contribution < -0.4 is 14.5 Å². The lowest BCUT2D eigenvalue weighted by atomic mass is 9.89. The SMILES string of the molecule is c1ccc(-c2ccccc2N(c2ccccc2)c2ccc(-c3ccc4cc5c6c(cccc6c4c3)Oc3cc(N(c4ccccc4)c4ccccc4-c4ccccc4)ccc3-5)cc2)cc1. The van der Waals surface area contributed by atoms with Crippen molar-refractivity contribution in [2.75, 3.05) is 9.80 Å². The highest BCUT2D eigenvalue weighted by molar-refractivity contribution is 6.18. The van der Waals surface area contributed by atoms with Gasteiger partial charge in [-0.1, -0.05) is 170 Å². The number of anilines is 6. The summed E-state index contributed by atoms with van der Waals surface area (Å²) in [6.45, 7) is 0. The van der Waals surface area contributed by atoms with Crippen LogP contribution in [-0.4, -0.2) is 0 Å². The zero-order valence-electron chi connectivity index (χ0n) is 35.6. The van der Waals surface area contributed by atoms with Crippen molar-refractivity contribution in [3.8, 4) is 56.0 Å². The first-order valence-electron chi connectivity index (χ1n) is 22.2. The molecule has 3 nitrogen and oxygen atoms in total. The van der Waals surface area contributed by atoms with Crippen molar-refractivity contribution in [1.29, 1.82) is 0 Å². The van der Waals surface area contributed by atoms with Crippen LogP contribution in [0.5, 0.6) is 11.5 Å². The third kappa shape index (κ3) is 6.87. The van der Waals surface area contributed by atoms with Gasteiger partial charge >= 0.3 is 0 Å². The van der Waals surface area contributed by atoms with Crippen LogP contribution in [0.3, 0.4) is 0 Å². The van der Waals surface area contributed by atoms with Crippen LogP contribution in [0.2, 0.25) is 0 Å². The second kappa shape index (κ2) is 16.2. The van der Waals surface area contributed by atoms with Crippen molar-refractivity contribution in [3.63, 3.8) is 0 Å². The van der Waals surface area contributed by atoms with Gasteiger partial charge in [0.25, 0.3) is 0 Å². The minimum Gasteiger partial charge on any atom is -0.456 e. The van der Waals surface area contributed by atoms with E-state index in [1.54, 1.807) is 0 Å². The Morgan fingerprint density at radius 3 is 1.38 bits per heavy atom. The van der Waals surface area contributed by atoms with Gasteiger partial charge in [0.15, 0.2) is 0 Å². The molecule has 1 aliphatic heterocycles. The van der Waals surface area contributed by atoms with Crippen LogP contribution in [0.15, 0.2) is 255 Å². The van der Waals surface area contributed by atoms with E-state index in [-0.39, 0.29) is 0 Å². The number of fused-ring (bicyclic) bond motifs is 4. The van der Waals surface area contributed by atoms with E-state index in [1.165, 1.54) is 44.0 Å². The Morgan fingerprint density at radius 1 is 0.262 bits per heavy atom. The van der Waals surface area contributed by atoms with E-state index in [0.29, 0.717) is 0 Å². The molecule has 1 aliphatic rings. The van der Waals surface area contributed by atoms with E-state index in [2.05, 4.69) is 265 Å². The molecule has 11 aromatic carbocycles. The molecule has 306 valence electrons. The smallest absolute Gasteiger partial charge is 0.137 e. The van der Waals surface area contributed by atoms with Crippen LogP contribution in [0.4, 0.5) is 34.1 Å². The molecule has 65 heavy (non-hydrogen) atoms. The second-order valence-corrected chi connectivity index (χ2v) is 16.5. The molecule has 0 amide bonds. The number of rotatable bonds is 9. The predicted octanol–water partition coefficient (Wildman–Crippen LogP) is 17.7. The lowest BCUT2D eigenvalue weighted by molar-refractivity contribution is 0.487. The molecule has 0 saturated heterocycles. The zero-order valence-corrected chi connectivity index (χ0v) is 35.6. The summed E-state index contributed by atoms with van der Waals surface area (Å²) in [6.07, 6.45) is 0. The van der Waals surface area contributed by atoms with Crippen LogP contribution in [0.1, 0.15) is 0 Å². The van der Waals surface area contributed by atoms with Gasteiger partial charge in [-0.2, -0.15) is 0 Å². The maximum absolute atomic E-state index is 6.90. The number of para-hydroxylation sites is 4. The van der Waals surface area contributed by atoms with Crippen molar-refractivity contribution in [3.05, 3.63) is 255 Å². The van der Waals surface area contributed by atoms with Crippen molar-refractivity contribution in [2.45, 2.75) is 0 Å². The molecule has 0 bridgehead atoms. The minimum atomic E-state index is 0.840. The summed E-state index contributed by atoms with van der Waals surface area (Å²) in [5, 5.41) is 4.71.